The third kappa shape index (κ3) is 3.52. The van der Waals surface area contributed by atoms with Crippen molar-refractivity contribution in [2.24, 2.45) is 4.99 Å². The molecule has 2 aromatic rings. The Morgan fingerprint density at radius 2 is 1.89 bits per heavy atom. The molecule has 8 heteroatoms. The predicted octanol–water partition coefficient (Wildman–Crippen LogP) is 3.25. The molecule has 0 bridgehead atoms. The van der Waals surface area contributed by atoms with E-state index in [0.29, 0.717) is 12.0 Å². The van der Waals surface area contributed by atoms with E-state index in [1.54, 1.807) is 29.4 Å². The number of aromatic hydroxyl groups is 2. The maximum absolute atomic E-state index is 11.5. The molecule has 7 nitrogen and oxygen atoms in total. The minimum atomic E-state index is -0.523. The van der Waals surface area contributed by atoms with Crippen LogP contribution in [0.3, 0.4) is 0 Å². The molecule has 2 aromatic carbocycles. The summed E-state index contributed by atoms with van der Waals surface area (Å²) in [5, 5.41) is 22.1. The molecular formula is C19H22N4O3S. The number of nitrogens with zero attached hydrogens (tertiary/aromatic N) is 4. The highest BCUT2D eigenvalue weighted by molar-refractivity contribution is 7.78. The summed E-state index contributed by atoms with van der Waals surface area (Å²) in [5.41, 5.74) is 2.87. The molecule has 1 heterocycles. The van der Waals surface area contributed by atoms with E-state index in [9.17, 15) is 15.0 Å². The summed E-state index contributed by atoms with van der Waals surface area (Å²) in [5.74, 6) is -0.0258. The number of rotatable bonds is 4. The Hall–Kier alpha value is -2.87. The number of hydrogen-bond donors (Lipinski definition) is 3. The minimum absolute atomic E-state index is 0.0339. The fraction of sp³-hybridized carbons (Fsp3) is 0.263. The molecule has 0 radical (unpaired) electrons. The van der Waals surface area contributed by atoms with Crippen molar-refractivity contribution in [3.05, 3.63) is 47.5 Å². The number of hydrazine groups is 1. The number of benzene rings is 2. The molecular weight excluding hydrogens is 364 g/mol. The molecule has 0 saturated carbocycles. The van der Waals surface area contributed by atoms with Gasteiger partial charge in [0.1, 0.15) is 17.8 Å². The van der Waals surface area contributed by atoms with E-state index in [0.717, 1.165) is 16.9 Å². The first-order valence-electron chi connectivity index (χ1n) is 8.53. The van der Waals surface area contributed by atoms with Crippen molar-refractivity contribution in [2.75, 3.05) is 17.0 Å². The zero-order valence-electron chi connectivity index (χ0n) is 15.4. The first-order valence-corrected chi connectivity index (χ1v) is 8.93. The lowest BCUT2D eigenvalue weighted by Gasteiger charge is -2.31. The van der Waals surface area contributed by atoms with Gasteiger partial charge in [-0.1, -0.05) is 6.92 Å². The minimum Gasteiger partial charge on any atom is -0.508 e. The number of aryl methyl sites for hydroxylation is 1. The third-order valence-electron chi connectivity index (χ3n) is 4.62. The van der Waals surface area contributed by atoms with Crippen LogP contribution >= 0.6 is 12.8 Å². The third-order valence-corrected chi connectivity index (χ3v) is 4.92. The first kappa shape index (κ1) is 18.9. The van der Waals surface area contributed by atoms with Crippen molar-refractivity contribution in [1.29, 1.82) is 0 Å². The molecule has 0 aromatic heterocycles. The summed E-state index contributed by atoms with van der Waals surface area (Å²) in [7, 11) is 1.71. The zero-order valence-corrected chi connectivity index (χ0v) is 16.3. The number of thiol groups is 1. The Morgan fingerprint density at radius 1 is 1.22 bits per heavy atom. The second-order valence-corrected chi connectivity index (χ2v) is 6.70. The van der Waals surface area contributed by atoms with Gasteiger partial charge >= 0.3 is 0 Å². The maximum Gasteiger partial charge on any atom is 0.223 e. The molecule has 0 fully saturated rings. The van der Waals surface area contributed by atoms with Gasteiger partial charge in [-0.05, 0) is 55.1 Å². The smallest absolute Gasteiger partial charge is 0.223 e. The molecule has 1 amide bonds. The SMILES string of the molecule is CCc1cc(C2N=CN(S)N2c2ccc(N(C)C(C)=O)cc2)c(O)cc1O. The number of phenols is 2. The van der Waals surface area contributed by atoms with E-state index in [1.807, 2.05) is 31.2 Å². The van der Waals surface area contributed by atoms with Crippen molar-refractivity contribution in [1.82, 2.24) is 4.41 Å². The molecule has 142 valence electrons. The van der Waals surface area contributed by atoms with Gasteiger partial charge in [-0.25, -0.2) is 14.4 Å². The molecule has 1 aliphatic heterocycles. The van der Waals surface area contributed by atoms with E-state index >= 15 is 0 Å². The van der Waals surface area contributed by atoms with Crippen LogP contribution in [-0.2, 0) is 11.2 Å². The van der Waals surface area contributed by atoms with Crippen LogP contribution in [0.5, 0.6) is 11.5 Å². The van der Waals surface area contributed by atoms with E-state index < -0.39 is 6.17 Å². The van der Waals surface area contributed by atoms with Crippen LogP contribution in [0.25, 0.3) is 0 Å². The number of anilines is 2. The molecule has 0 aliphatic carbocycles. The second-order valence-electron chi connectivity index (χ2n) is 6.29. The van der Waals surface area contributed by atoms with Gasteiger partial charge in [0.25, 0.3) is 0 Å². The quantitative estimate of drug-likeness (QED) is 0.703. The van der Waals surface area contributed by atoms with Crippen LogP contribution < -0.4 is 9.91 Å². The predicted molar refractivity (Wildman–Crippen MR) is 109 cm³/mol. The molecule has 2 N–H and O–H groups in total. The molecule has 3 rings (SSSR count). The first-order chi connectivity index (χ1) is 12.8. The van der Waals surface area contributed by atoms with E-state index in [-0.39, 0.29) is 17.4 Å². The van der Waals surface area contributed by atoms with E-state index in [2.05, 4.69) is 17.8 Å². The number of amides is 1. The number of aliphatic imine (C=N–C) groups is 1. The number of carbonyl (C=O) groups is 1. The average Bonchev–Trinajstić information content (AvgIpc) is 3.02. The fourth-order valence-corrected chi connectivity index (χ4v) is 3.23. The number of carbonyl (C=O) groups excluding carboxylic acids is 1. The number of hydrogen-bond acceptors (Lipinski definition) is 7. The highest BCUT2D eigenvalue weighted by Gasteiger charge is 2.31. The molecule has 0 spiro atoms. The Kier molecular flexibility index (Phi) is 5.18. The van der Waals surface area contributed by atoms with Crippen LogP contribution in [0, 0.1) is 0 Å². The molecule has 1 aliphatic rings. The van der Waals surface area contributed by atoms with Crippen LogP contribution in [0.1, 0.15) is 31.1 Å². The Labute approximate surface area is 163 Å². The fourth-order valence-electron chi connectivity index (χ4n) is 2.97. The summed E-state index contributed by atoms with van der Waals surface area (Å²) >= 11 is 4.43. The lowest BCUT2D eigenvalue weighted by Crippen LogP contribution is -2.32. The Morgan fingerprint density at radius 3 is 2.48 bits per heavy atom. The monoisotopic (exact) mass is 386 g/mol. The van der Waals surface area contributed by atoms with Crippen molar-refractivity contribution >= 4 is 36.4 Å². The van der Waals surface area contributed by atoms with Gasteiger partial charge in [0.15, 0.2) is 6.17 Å². The van der Waals surface area contributed by atoms with Crippen LogP contribution in [-0.4, -0.2) is 33.9 Å². The largest absolute Gasteiger partial charge is 0.508 e. The van der Waals surface area contributed by atoms with Gasteiger partial charge < -0.3 is 15.1 Å². The van der Waals surface area contributed by atoms with Crippen molar-refractivity contribution in [3.63, 3.8) is 0 Å². The summed E-state index contributed by atoms with van der Waals surface area (Å²) < 4.78 is 1.53. The molecule has 1 atom stereocenters. The van der Waals surface area contributed by atoms with Crippen molar-refractivity contribution in [3.8, 4) is 11.5 Å². The van der Waals surface area contributed by atoms with Gasteiger partial charge in [-0.2, -0.15) is 0 Å². The highest BCUT2D eigenvalue weighted by atomic mass is 32.1. The maximum atomic E-state index is 11.5. The standard InChI is InChI=1S/C19H22N4O3S/c1-4-13-9-16(18(26)10-17(13)25)19-20-11-22(27)23(19)15-7-5-14(6-8-15)21(3)12(2)24/h5-11,19,25-27H,4H2,1-3H3. The van der Waals surface area contributed by atoms with Crippen molar-refractivity contribution < 1.29 is 15.0 Å². The lowest BCUT2D eigenvalue weighted by molar-refractivity contribution is -0.116. The van der Waals surface area contributed by atoms with Gasteiger partial charge in [0.05, 0.1) is 5.69 Å². The van der Waals surface area contributed by atoms with Gasteiger partial charge in [-0.15, -0.1) is 0 Å². The van der Waals surface area contributed by atoms with E-state index in [4.69, 9.17) is 0 Å². The molecule has 0 saturated heterocycles. The summed E-state index contributed by atoms with van der Waals surface area (Å²) in [6.07, 6.45) is 1.66. The zero-order chi connectivity index (χ0) is 19.7. The second kappa shape index (κ2) is 7.40. The normalized spacial score (nSPS) is 16.1. The van der Waals surface area contributed by atoms with Crippen LogP contribution in [0.4, 0.5) is 11.4 Å². The lowest BCUT2D eigenvalue weighted by atomic mass is 10.0. The number of phenolic OH excluding ortho intramolecular Hbond substituents is 2. The van der Waals surface area contributed by atoms with Crippen LogP contribution in [0.15, 0.2) is 41.4 Å². The van der Waals surface area contributed by atoms with Gasteiger partial charge in [0.2, 0.25) is 5.91 Å². The van der Waals surface area contributed by atoms with Crippen LogP contribution in [0.2, 0.25) is 0 Å². The topological polar surface area (TPSA) is 79.6 Å². The van der Waals surface area contributed by atoms with E-state index in [1.165, 1.54) is 17.4 Å². The molecule has 27 heavy (non-hydrogen) atoms. The molecule has 1 unspecified atom stereocenters. The average molecular weight is 386 g/mol. The summed E-state index contributed by atoms with van der Waals surface area (Å²) in [6.45, 7) is 3.44. The Bertz CT molecular complexity index is 885. The highest BCUT2D eigenvalue weighted by Crippen LogP contribution is 2.40. The summed E-state index contributed by atoms with van der Waals surface area (Å²) in [6, 6.07) is 10.5. The van der Waals surface area contributed by atoms with Gasteiger partial charge in [0, 0.05) is 31.3 Å². The Balaban J connectivity index is 1.97. The summed E-state index contributed by atoms with van der Waals surface area (Å²) in [4.78, 5) is 17.5. The van der Waals surface area contributed by atoms with Crippen molar-refractivity contribution in [2.45, 2.75) is 26.4 Å². The van der Waals surface area contributed by atoms with Gasteiger partial charge in [-0.3, -0.25) is 4.79 Å².